The van der Waals surface area contributed by atoms with Gasteiger partial charge in [-0.1, -0.05) is 39.5 Å². The lowest BCUT2D eigenvalue weighted by Crippen LogP contribution is -2.55. The zero-order chi connectivity index (χ0) is 20.3. The molecule has 0 aromatic carbocycles. The Morgan fingerprint density at radius 2 is 1.96 bits per heavy atom. The number of ketones is 1. The van der Waals surface area contributed by atoms with Crippen LogP contribution < -0.4 is 0 Å². The number of allylic oxidation sites excluding steroid dienone is 2. The van der Waals surface area contributed by atoms with E-state index in [-0.39, 0.29) is 22.6 Å². The molecule has 3 saturated carbocycles. The summed E-state index contributed by atoms with van der Waals surface area (Å²) in [6.07, 6.45) is 10.9. The maximum Gasteiger partial charge on any atom is 0.306 e. The highest BCUT2D eigenvalue weighted by Gasteiger charge is 2.65. The number of esters is 1. The van der Waals surface area contributed by atoms with E-state index in [1.807, 2.05) is 19.1 Å². The third-order valence-electron chi connectivity index (χ3n) is 9.03. The molecule has 4 rings (SSSR count). The van der Waals surface area contributed by atoms with E-state index in [1.54, 1.807) is 0 Å². The van der Waals surface area contributed by atoms with E-state index >= 15 is 0 Å². The van der Waals surface area contributed by atoms with Crippen molar-refractivity contribution < 1.29 is 14.3 Å². The topological polar surface area (TPSA) is 43.4 Å². The summed E-state index contributed by atoms with van der Waals surface area (Å²) in [5, 5.41) is 0. The normalized spacial score (nSPS) is 44.8. The van der Waals surface area contributed by atoms with Gasteiger partial charge in [-0.2, -0.15) is 0 Å². The highest BCUT2D eigenvalue weighted by Crippen LogP contribution is 2.69. The Morgan fingerprint density at radius 1 is 1.25 bits per heavy atom. The number of rotatable bonds is 3. The largest absolute Gasteiger partial charge is 0.454 e. The fourth-order valence-electron chi connectivity index (χ4n) is 7.42. The Bertz CT molecular complexity index is 777. The monoisotopic (exact) mass is 382 g/mol. The van der Waals surface area contributed by atoms with Gasteiger partial charge in [0.1, 0.15) is 5.60 Å². The molecule has 6 atom stereocenters. The highest BCUT2D eigenvalue weighted by atomic mass is 16.6. The summed E-state index contributed by atoms with van der Waals surface area (Å²) in [5.74, 6) is 1.76. The molecule has 4 aliphatic rings. The van der Waals surface area contributed by atoms with Crippen molar-refractivity contribution in [3.63, 3.8) is 0 Å². The molecule has 0 unspecified atom stereocenters. The summed E-state index contributed by atoms with van der Waals surface area (Å²) in [4.78, 5) is 24.3. The molecule has 3 fully saturated rings. The Hall–Kier alpha value is -1.64. The summed E-state index contributed by atoms with van der Waals surface area (Å²) < 4.78 is 6.09. The van der Waals surface area contributed by atoms with Gasteiger partial charge in [0.2, 0.25) is 0 Å². The van der Waals surface area contributed by atoms with Gasteiger partial charge in [-0.15, -0.1) is 0 Å². The molecular weight excluding hydrogens is 348 g/mol. The van der Waals surface area contributed by atoms with Crippen LogP contribution in [-0.2, 0) is 14.3 Å². The summed E-state index contributed by atoms with van der Waals surface area (Å²) in [7, 11) is 0. The molecule has 28 heavy (non-hydrogen) atoms. The summed E-state index contributed by atoms with van der Waals surface area (Å²) in [6.45, 7) is 15.0. The van der Waals surface area contributed by atoms with Crippen molar-refractivity contribution in [3.05, 3.63) is 36.5 Å². The molecular formula is C25H34O3. The molecule has 0 aromatic heterocycles. The van der Waals surface area contributed by atoms with Gasteiger partial charge in [-0.3, -0.25) is 9.59 Å². The molecule has 0 heterocycles. The van der Waals surface area contributed by atoms with Crippen molar-refractivity contribution in [2.24, 2.45) is 28.6 Å². The lowest BCUT2D eigenvalue weighted by atomic mass is 9.45. The van der Waals surface area contributed by atoms with Gasteiger partial charge in [-0.25, -0.2) is 0 Å². The van der Waals surface area contributed by atoms with Crippen molar-refractivity contribution in [3.8, 4) is 0 Å². The molecule has 152 valence electrons. The molecule has 0 bridgehead atoms. The molecule has 0 spiro atoms. The SMILES string of the molecule is C=C[C@]1(OC(=O)CC)CC[C@H]2[C@@H]3CC(=C)C4=CC(=O)CC[C@]4(C)[C@H]3CC[C@@]21C. The van der Waals surface area contributed by atoms with Crippen LogP contribution in [0.15, 0.2) is 36.5 Å². The minimum absolute atomic E-state index is 0.0643. The van der Waals surface area contributed by atoms with Crippen molar-refractivity contribution in [1.29, 1.82) is 0 Å². The molecule has 0 radical (unpaired) electrons. The van der Waals surface area contributed by atoms with E-state index in [4.69, 9.17) is 4.74 Å². The third kappa shape index (κ3) is 2.47. The van der Waals surface area contributed by atoms with E-state index in [9.17, 15) is 9.59 Å². The van der Waals surface area contributed by atoms with Crippen LogP contribution in [0.5, 0.6) is 0 Å². The molecule has 3 heteroatoms. The standard InChI is InChI=1S/C25H34O3/c1-6-22(27)28-25(7-2)13-10-20-18-14-16(3)21-15-17(26)8-11-23(21,4)19(18)9-12-24(20,25)5/h7,15,18-20H,2-3,6,8-14H2,1,4-5H3/t18-,19+,20+,23-,24+,25+/m1/s1. The number of carbonyl (C=O) groups excluding carboxylic acids is 2. The van der Waals surface area contributed by atoms with Gasteiger partial charge in [0.25, 0.3) is 0 Å². The van der Waals surface area contributed by atoms with E-state index < -0.39 is 5.60 Å². The number of ether oxygens (including phenoxy) is 1. The third-order valence-corrected chi connectivity index (χ3v) is 9.03. The van der Waals surface area contributed by atoms with Crippen molar-refractivity contribution in [1.82, 2.24) is 0 Å². The first-order valence-electron chi connectivity index (χ1n) is 11.0. The van der Waals surface area contributed by atoms with Crippen LogP contribution in [0.3, 0.4) is 0 Å². The zero-order valence-electron chi connectivity index (χ0n) is 17.7. The minimum atomic E-state index is -0.545. The van der Waals surface area contributed by atoms with E-state index in [2.05, 4.69) is 27.0 Å². The second kappa shape index (κ2) is 6.43. The van der Waals surface area contributed by atoms with Gasteiger partial charge >= 0.3 is 5.97 Å². The first kappa shape index (κ1) is 19.7. The van der Waals surface area contributed by atoms with E-state index in [0.717, 1.165) is 44.1 Å². The molecule has 4 aliphatic carbocycles. The fraction of sp³-hybridized carbons (Fsp3) is 0.680. The van der Waals surface area contributed by atoms with Crippen LogP contribution >= 0.6 is 0 Å². The van der Waals surface area contributed by atoms with Crippen LogP contribution in [0, 0.1) is 28.6 Å². The second-order valence-corrected chi connectivity index (χ2v) is 10.0. The Balaban J connectivity index is 1.71. The maximum absolute atomic E-state index is 12.2. The summed E-state index contributed by atoms with van der Waals surface area (Å²) in [6, 6.07) is 0. The molecule has 0 aromatic rings. The first-order chi connectivity index (χ1) is 13.2. The highest BCUT2D eigenvalue weighted by molar-refractivity contribution is 5.92. The first-order valence-corrected chi connectivity index (χ1v) is 11.0. The van der Waals surface area contributed by atoms with Crippen molar-refractivity contribution in [2.45, 2.75) is 77.7 Å². The second-order valence-electron chi connectivity index (χ2n) is 10.0. The summed E-state index contributed by atoms with van der Waals surface area (Å²) >= 11 is 0. The lowest BCUT2D eigenvalue weighted by Gasteiger charge is -2.59. The zero-order valence-corrected chi connectivity index (χ0v) is 17.7. The van der Waals surface area contributed by atoms with Gasteiger partial charge in [0.15, 0.2) is 5.78 Å². The van der Waals surface area contributed by atoms with Crippen molar-refractivity contribution >= 4 is 11.8 Å². The van der Waals surface area contributed by atoms with E-state index in [1.165, 1.54) is 5.57 Å². The average Bonchev–Trinajstić information content (AvgIpc) is 2.96. The van der Waals surface area contributed by atoms with Crippen LogP contribution in [0.2, 0.25) is 0 Å². The lowest BCUT2D eigenvalue weighted by molar-refractivity contribution is -0.172. The number of hydrogen-bond donors (Lipinski definition) is 0. The number of hydrogen-bond acceptors (Lipinski definition) is 3. The molecule has 0 N–H and O–H groups in total. The molecule has 3 nitrogen and oxygen atoms in total. The minimum Gasteiger partial charge on any atom is -0.454 e. The van der Waals surface area contributed by atoms with Crippen molar-refractivity contribution in [2.75, 3.05) is 0 Å². The predicted octanol–water partition coefficient (Wildman–Crippen LogP) is 5.56. The van der Waals surface area contributed by atoms with Crippen LogP contribution in [0.25, 0.3) is 0 Å². The van der Waals surface area contributed by atoms with Gasteiger partial charge < -0.3 is 4.74 Å². The Kier molecular flexibility index (Phi) is 4.52. The van der Waals surface area contributed by atoms with Crippen LogP contribution in [-0.4, -0.2) is 17.4 Å². The molecule has 0 amide bonds. The fourth-order valence-corrected chi connectivity index (χ4v) is 7.42. The average molecular weight is 383 g/mol. The van der Waals surface area contributed by atoms with Gasteiger partial charge in [0, 0.05) is 18.3 Å². The quantitative estimate of drug-likeness (QED) is 0.474. The number of fused-ring (bicyclic) bond motifs is 5. The molecule has 0 aliphatic heterocycles. The summed E-state index contributed by atoms with van der Waals surface area (Å²) in [5.41, 5.74) is 1.83. The maximum atomic E-state index is 12.2. The van der Waals surface area contributed by atoms with Crippen LogP contribution in [0.1, 0.15) is 72.1 Å². The predicted molar refractivity (Wildman–Crippen MR) is 111 cm³/mol. The van der Waals surface area contributed by atoms with Crippen LogP contribution in [0.4, 0.5) is 0 Å². The molecule has 0 saturated heterocycles. The number of carbonyl (C=O) groups is 2. The Morgan fingerprint density at radius 3 is 2.64 bits per heavy atom. The van der Waals surface area contributed by atoms with E-state index in [0.29, 0.717) is 30.6 Å². The van der Waals surface area contributed by atoms with Gasteiger partial charge in [0.05, 0.1) is 0 Å². The smallest absolute Gasteiger partial charge is 0.306 e. The van der Waals surface area contributed by atoms with Gasteiger partial charge in [-0.05, 0) is 79.4 Å². The Labute approximate surface area is 169 Å².